The van der Waals surface area contributed by atoms with Crippen LogP contribution >= 0.6 is 11.6 Å². The highest BCUT2D eigenvalue weighted by Crippen LogP contribution is 2.50. The molecule has 3 atom stereocenters. The number of sulfone groups is 1. The van der Waals surface area contributed by atoms with Crippen LogP contribution in [-0.4, -0.2) is 64.8 Å². The van der Waals surface area contributed by atoms with Crippen LogP contribution in [0.2, 0.25) is 0 Å². The Morgan fingerprint density at radius 3 is 2.17 bits per heavy atom. The Morgan fingerprint density at radius 1 is 1.02 bits per heavy atom. The summed E-state index contributed by atoms with van der Waals surface area (Å²) in [5, 5.41) is -1.44. The van der Waals surface area contributed by atoms with Gasteiger partial charge in [-0.25, -0.2) is 13.2 Å². The average Bonchev–Trinajstić information content (AvgIpc) is 3.14. The topological polar surface area (TPSA) is 120 Å². The van der Waals surface area contributed by atoms with Gasteiger partial charge in [-0.05, 0) is 36.3 Å². The van der Waals surface area contributed by atoms with Gasteiger partial charge in [0.2, 0.25) is 0 Å². The second-order valence-electron chi connectivity index (χ2n) is 9.61. The average molecular weight is 581 g/mol. The molecule has 3 heterocycles. The summed E-state index contributed by atoms with van der Waals surface area (Å²) in [6, 6.07) is 21.3. The van der Waals surface area contributed by atoms with Crippen molar-refractivity contribution in [3.63, 3.8) is 0 Å². The standard InChI is InChI=1S/C29H25ClN2O7S/c1-29(18-38-23(33)17-30)25(28(35)39-24(19-10-4-2-5-11-19)20-12-6-3-7-13-20)32-26(34)22(27(32)40(29,36)37)16-21-14-8-9-15-31-21/h2-16,24-25,27H,17-18H2,1H3/b22-16-/t25-,27+,29-/m0/s1. The molecule has 2 fully saturated rings. The number of esters is 2. The minimum Gasteiger partial charge on any atom is -0.463 e. The first kappa shape index (κ1) is 27.5. The number of halogens is 1. The minimum atomic E-state index is -4.31. The number of hydrogen-bond donors (Lipinski definition) is 0. The molecule has 1 aromatic heterocycles. The van der Waals surface area contributed by atoms with Crippen LogP contribution in [0.1, 0.15) is 29.8 Å². The van der Waals surface area contributed by atoms with Crippen molar-refractivity contribution in [3.05, 3.63) is 107 Å². The van der Waals surface area contributed by atoms with Crippen molar-refractivity contribution in [1.29, 1.82) is 0 Å². The summed E-state index contributed by atoms with van der Waals surface area (Å²) < 4.78 is 37.1. The maximum Gasteiger partial charge on any atom is 0.331 e. The van der Waals surface area contributed by atoms with Crippen molar-refractivity contribution >= 4 is 45.4 Å². The number of alkyl halides is 1. The molecular formula is C29H25ClN2O7S. The third-order valence-corrected chi connectivity index (χ3v) is 10.0. The number of hydrogen-bond acceptors (Lipinski definition) is 8. The van der Waals surface area contributed by atoms with Gasteiger partial charge in [-0.3, -0.25) is 14.6 Å². The minimum absolute atomic E-state index is 0.0356. The molecule has 1 amide bonds. The predicted molar refractivity (Wildman–Crippen MR) is 146 cm³/mol. The van der Waals surface area contributed by atoms with E-state index in [4.69, 9.17) is 21.1 Å². The van der Waals surface area contributed by atoms with Crippen LogP contribution < -0.4 is 0 Å². The molecule has 2 aliphatic heterocycles. The van der Waals surface area contributed by atoms with E-state index >= 15 is 0 Å². The summed E-state index contributed by atoms with van der Waals surface area (Å²) in [4.78, 5) is 44.4. The second-order valence-corrected chi connectivity index (χ2v) is 12.3. The maximum atomic E-state index is 14.0. The summed E-state index contributed by atoms with van der Waals surface area (Å²) in [6.45, 7) is 0.582. The molecule has 0 spiro atoms. The third-order valence-electron chi connectivity index (χ3n) is 7.08. The van der Waals surface area contributed by atoms with Crippen LogP contribution in [0.5, 0.6) is 0 Å². The zero-order valence-corrected chi connectivity index (χ0v) is 22.9. The van der Waals surface area contributed by atoms with Crippen molar-refractivity contribution in [3.8, 4) is 0 Å². The summed E-state index contributed by atoms with van der Waals surface area (Å²) >= 11 is 5.57. The van der Waals surface area contributed by atoms with Crippen molar-refractivity contribution in [2.24, 2.45) is 0 Å². The van der Waals surface area contributed by atoms with Crippen LogP contribution in [0, 0.1) is 0 Å². The molecule has 0 unspecified atom stereocenters. The summed E-state index contributed by atoms with van der Waals surface area (Å²) in [7, 11) is -4.31. The van der Waals surface area contributed by atoms with Gasteiger partial charge >= 0.3 is 11.9 Å². The van der Waals surface area contributed by atoms with Crippen molar-refractivity contribution < 1.29 is 32.3 Å². The van der Waals surface area contributed by atoms with E-state index < -0.39 is 62.4 Å². The summed E-state index contributed by atoms with van der Waals surface area (Å²) in [5.41, 5.74) is 1.66. The normalized spacial score (nSPS) is 23.9. The molecule has 0 radical (unpaired) electrons. The number of nitrogens with zero attached hydrogens (tertiary/aromatic N) is 2. The number of β-lactam (4-membered cyclic amide) rings is 1. The second kappa shape index (κ2) is 10.9. The van der Waals surface area contributed by atoms with Gasteiger partial charge in [0, 0.05) is 6.20 Å². The maximum absolute atomic E-state index is 14.0. The van der Waals surface area contributed by atoms with E-state index in [0.29, 0.717) is 16.8 Å². The van der Waals surface area contributed by atoms with Gasteiger partial charge in [0.25, 0.3) is 5.91 Å². The van der Waals surface area contributed by atoms with Crippen molar-refractivity contribution in [2.75, 3.05) is 12.5 Å². The number of aromatic nitrogens is 1. The van der Waals surface area contributed by atoms with Gasteiger partial charge in [0.05, 0.1) is 11.3 Å². The Kier molecular flexibility index (Phi) is 7.48. The largest absolute Gasteiger partial charge is 0.463 e. The monoisotopic (exact) mass is 580 g/mol. The van der Waals surface area contributed by atoms with Gasteiger partial charge < -0.3 is 14.4 Å². The molecule has 0 bridgehead atoms. The Hall–Kier alpha value is -4.02. The zero-order valence-electron chi connectivity index (χ0n) is 21.3. The first-order chi connectivity index (χ1) is 19.2. The third kappa shape index (κ3) is 4.67. The molecule has 0 N–H and O–H groups in total. The zero-order chi connectivity index (χ0) is 28.5. The van der Waals surface area contributed by atoms with E-state index in [9.17, 15) is 22.8 Å². The molecule has 9 nitrogen and oxygen atoms in total. The van der Waals surface area contributed by atoms with E-state index in [0.717, 1.165) is 4.90 Å². The quantitative estimate of drug-likeness (QED) is 0.172. The van der Waals surface area contributed by atoms with Crippen LogP contribution in [0.3, 0.4) is 0 Å². The fourth-order valence-corrected chi connectivity index (χ4v) is 7.37. The van der Waals surface area contributed by atoms with Crippen LogP contribution in [0.25, 0.3) is 6.08 Å². The molecule has 0 saturated carbocycles. The molecule has 2 saturated heterocycles. The van der Waals surface area contributed by atoms with E-state index in [2.05, 4.69) is 4.98 Å². The van der Waals surface area contributed by atoms with Crippen LogP contribution in [0.15, 0.2) is 90.6 Å². The van der Waals surface area contributed by atoms with E-state index in [1.54, 1.807) is 66.7 Å². The van der Waals surface area contributed by atoms with Gasteiger partial charge in [-0.1, -0.05) is 66.7 Å². The molecule has 3 aromatic rings. The Morgan fingerprint density at radius 2 is 1.62 bits per heavy atom. The van der Waals surface area contributed by atoms with Gasteiger partial charge in [-0.15, -0.1) is 11.6 Å². The van der Waals surface area contributed by atoms with Crippen molar-refractivity contribution in [1.82, 2.24) is 9.88 Å². The van der Waals surface area contributed by atoms with Crippen molar-refractivity contribution in [2.45, 2.75) is 29.2 Å². The molecule has 0 aliphatic carbocycles. The molecular weight excluding hydrogens is 556 g/mol. The lowest BCUT2D eigenvalue weighted by molar-refractivity contribution is -0.162. The smallest absolute Gasteiger partial charge is 0.331 e. The predicted octanol–water partition coefficient (Wildman–Crippen LogP) is 3.30. The van der Waals surface area contributed by atoms with Crippen LogP contribution in [-0.2, 0) is 33.7 Å². The number of carbonyl (C=O) groups excluding carboxylic acids is 3. The lowest BCUT2D eigenvalue weighted by atomic mass is 9.94. The van der Waals surface area contributed by atoms with E-state index in [1.165, 1.54) is 19.2 Å². The first-order valence-electron chi connectivity index (χ1n) is 12.4. The highest BCUT2D eigenvalue weighted by Gasteiger charge is 2.73. The number of pyridine rings is 1. The Labute approximate surface area is 236 Å². The SMILES string of the molecule is C[C@]1(COC(=O)CCl)[C@H](C(=O)OC(c2ccccc2)c2ccccc2)N2C(=O)/C(=C/c3ccccn3)[C@H]2S1(=O)=O. The fourth-order valence-electron chi connectivity index (χ4n) is 5.02. The highest BCUT2D eigenvalue weighted by atomic mass is 35.5. The number of fused-ring (bicyclic) bond motifs is 1. The summed E-state index contributed by atoms with van der Waals surface area (Å²) in [6.07, 6.45) is 2.02. The molecule has 2 aliphatic rings. The first-order valence-corrected chi connectivity index (χ1v) is 14.5. The summed E-state index contributed by atoms with van der Waals surface area (Å²) in [5.74, 6) is -2.96. The lowest BCUT2D eigenvalue weighted by Crippen LogP contribution is -2.60. The highest BCUT2D eigenvalue weighted by molar-refractivity contribution is 7.94. The number of carbonyl (C=O) groups is 3. The number of ether oxygens (including phenoxy) is 2. The Balaban J connectivity index is 1.56. The molecule has 2 aromatic carbocycles. The lowest BCUT2D eigenvalue weighted by Gasteiger charge is -2.39. The number of benzene rings is 2. The molecule has 206 valence electrons. The Bertz CT molecular complexity index is 1530. The molecule has 40 heavy (non-hydrogen) atoms. The van der Waals surface area contributed by atoms with E-state index in [1.807, 2.05) is 12.1 Å². The van der Waals surface area contributed by atoms with Gasteiger partial charge in [0.1, 0.15) is 17.2 Å². The van der Waals surface area contributed by atoms with Gasteiger partial charge in [-0.2, -0.15) is 0 Å². The van der Waals surface area contributed by atoms with Crippen LogP contribution in [0.4, 0.5) is 0 Å². The number of amides is 1. The van der Waals surface area contributed by atoms with E-state index in [-0.39, 0.29) is 5.57 Å². The van der Waals surface area contributed by atoms with Gasteiger partial charge in [0.15, 0.2) is 27.4 Å². The molecule has 11 heteroatoms. The fraction of sp³-hybridized carbons (Fsp3) is 0.241. The molecule has 5 rings (SSSR count). The number of rotatable bonds is 8.